The second-order valence-electron chi connectivity index (χ2n) is 6.61. The predicted octanol–water partition coefficient (Wildman–Crippen LogP) is 5.40. The quantitative estimate of drug-likeness (QED) is 0.650. The minimum atomic E-state index is -0.813. The topological polar surface area (TPSA) is 37.3 Å². The summed E-state index contributed by atoms with van der Waals surface area (Å²) in [6, 6.07) is 9.69. The van der Waals surface area contributed by atoms with E-state index in [-0.39, 0.29) is 5.41 Å². The van der Waals surface area contributed by atoms with Crippen LogP contribution in [0.2, 0.25) is 0 Å². The summed E-state index contributed by atoms with van der Waals surface area (Å²) in [5.41, 5.74) is 1.12. The molecule has 116 valence electrons. The Morgan fingerprint density at radius 1 is 1.29 bits per heavy atom. The van der Waals surface area contributed by atoms with Crippen LogP contribution in [0, 0.1) is 11.3 Å². The molecular formula is C19H28O2. The van der Waals surface area contributed by atoms with Crippen LogP contribution in [0.1, 0.15) is 58.9 Å². The monoisotopic (exact) mass is 288 g/mol. The van der Waals surface area contributed by atoms with Crippen molar-refractivity contribution in [2.45, 2.75) is 53.4 Å². The zero-order valence-corrected chi connectivity index (χ0v) is 13.7. The summed E-state index contributed by atoms with van der Waals surface area (Å²) in [5.74, 6) is -0.273. The van der Waals surface area contributed by atoms with E-state index in [0.29, 0.717) is 11.5 Å². The van der Waals surface area contributed by atoms with E-state index in [1.165, 1.54) is 12.8 Å². The lowest BCUT2D eigenvalue weighted by atomic mass is 9.75. The third kappa shape index (κ3) is 5.74. The number of carboxylic acids is 1. The van der Waals surface area contributed by atoms with Gasteiger partial charge in [0.05, 0.1) is 0 Å². The maximum Gasteiger partial charge on any atom is 0.332 e. The average Bonchev–Trinajstić information content (AvgIpc) is 2.42. The van der Waals surface area contributed by atoms with Crippen molar-refractivity contribution in [3.63, 3.8) is 0 Å². The second kappa shape index (κ2) is 8.02. The highest BCUT2D eigenvalue weighted by molar-refractivity contribution is 5.93. The highest BCUT2D eigenvalue weighted by Gasteiger charge is 2.30. The molecule has 1 aromatic carbocycles. The molecule has 0 radical (unpaired) electrons. The molecule has 0 bridgehead atoms. The van der Waals surface area contributed by atoms with Gasteiger partial charge >= 0.3 is 5.97 Å². The Morgan fingerprint density at radius 3 is 2.43 bits per heavy atom. The second-order valence-corrected chi connectivity index (χ2v) is 6.61. The Morgan fingerprint density at radius 2 is 1.90 bits per heavy atom. The van der Waals surface area contributed by atoms with Crippen LogP contribution in [0.5, 0.6) is 0 Å². The minimum Gasteiger partial charge on any atom is -0.478 e. The van der Waals surface area contributed by atoms with Crippen LogP contribution >= 0.6 is 0 Å². The van der Waals surface area contributed by atoms with Gasteiger partial charge < -0.3 is 5.11 Å². The van der Waals surface area contributed by atoms with E-state index in [1.54, 1.807) is 0 Å². The van der Waals surface area contributed by atoms with Gasteiger partial charge in [0, 0.05) is 5.57 Å². The zero-order valence-electron chi connectivity index (χ0n) is 13.7. The first-order valence-electron chi connectivity index (χ1n) is 7.87. The zero-order chi connectivity index (χ0) is 15.9. The number of hydrogen-bond donors (Lipinski definition) is 1. The molecule has 0 amide bonds. The number of hydrogen-bond acceptors (Lipinski definition) is 1. The van der Waals surface area contributed by atoms with Gasteiger partial charge in [-0.3, -0.25) is 0 Å². The van der Waals surface area contributed by atoms with Gasteiger partial charge in [-0.2, -0.15) is 0 Å². The lowest BCUT2D eigenvalue weighted by Crippen LogP contribution is -2.23. The van der Waals surface area contributed by atoms with E-state index >= 15 is 0 Å². The van der Waals surface area contributed by atoms with Crippen LogP contribution in [-0.4, -0.2) is 11.1 Å². The van der Waals surface area contributed by atoms with Crippen molar-refractivity contribution in [3.05, 3.63) is 41.5 Å². The molecule has 1 N–H and O–H groups in total. The molecular weight excluding hydrogens is 260 g/mol. The molecule has 0 spiro atoms. The molecule has 0 saturated carbocycles. The summed E-state index contributed by atoms with van der Waals surface area (Å²) in [4.78, 5) is 11.7. The molecule has 0 aromatic heterocycles. The van der Waals surface area contributed by atoms with E-state index < -0.39 is 5.97 Å². The van der Waals surface area contributed by atoms with Gasteiger partial charge in [0.25, 0.3) is 0 Å². The largest absolute Gasteiger partial charge is 0.478 e. The van der Waals surface area contributed by atoms with Gasteiger partial charge in [0.2, 0.25) is 0 Å². The summed E-state index contributed by atoms with van der Waals surface area (Å²) in [5, 5.41) is 9.59. The Balaban J connectivity index is 2.93. The van der Waals surface area contributed by atoms with E-state index in [2.05, 4.69) is 13.8 Å². The first-order chi connectivity index (χ1) is 9.86. The van der Waals surface area contributed by atoms with E-state index in [4.69, 9.17) is 0 Å². The van der Waals surface area contributed by atoms with E-state index in [1.807, 2.05) is 50.3 Å². The number of unbranched alkanes of at least 4 members (excludes halogenated alkanes) is 1. The molecule has 0 fully saturated rings. The number of carbonyl (C=O) groups is 1. The van der Waals surface area contributed by atoms with Gasteiger partial charge in [-0.1, -0.05) is 77.3 Å². The molecule has 1 aromatic rings. The van der Waals surface area contributed by atoms with Crippen LogP contribution in [0.3, 0.4) is 0 Å². The fourth-order valence-electron chi connectivity index (χ4n) is 2.90. The van der Waals surface area contributed by atoms with Gasteiger partial charge in [-0.25, -0.2) is 4.79 Å². The van der Waals surface area contributed by atoms with Crippen molar-refractivity contribution < 1.29 is 9.90 Å². The maximum absolute atomic E-state index is 11.7. The normalized spacial score (nSPS) is 14.0. The highest BCUT2D eigenvalue weighted by Crippen LogP contribution is 2.36. The van der Waals surface area contributed by atoms with Crippen molar-refractivity contribution >= 4 is 12.0 Å². The van der Waals surface area contributed by atoms with Crippen molar-refractivity contribution in [2.24, 2.45) is 11.3 Å². The Labute approximate surface area is 128 Å². The Hall–Kier alpha value is -1.57. The fourth-order valence-corrected chi connectivity index (χ4v) is 2.90. The third-order valence-electron chi connectivity index (χ3n) is 3.98. The standard InChI is InChI=1S/C19H28O2/c1-5-6-10-15(2)14-19(3,4)17(18(20)21)13-16-11-8-7-9-12-16/h7-9,11-13,15H,5-6,10,14H2,1-4H3,(H,20,21). The van der Waals surface area contributed by atoms with Crippen molar-refractivity contribution in [2.75, 3.05) is 0 Å². The maximum atomic E-state index is 11.7. The van der Waals surface area contributed by atoms with Crippen molar-refractivity contribution in [1.29, 1.82) is 0 Å². The van der Waals surface area contributed by atoms with E-state index in [9.17, 15) is 9.90 Å². The smallest absolute Gasteiger partial charge is 0.332 e. The van der Waals surface area contributed by atoms with Crippen molar-refractivity contribution in [1.82, 2.24) is 0 Å². The summed E-state index contributed by atoms with van der Waals surface area (Å²) < 4.78 is 0. The summed E-state index contributed by atoms with van der Waals surface area (Å²) in [6.45, 7) is 8.49. The lowest BCUT2D eigenvalue weighted by Gasteiger charge is -2.29. The van der Waals surface area contributed by atoms with Crippen LogP contribution < -0.4 is 0 Å². The van der Waals surface area contributed by atoms with Crippen LogP contribution in [-0.2, 0) is 4.79 Å². The summed E-state index contributed by atoms with van der Waals surface area (Å²) in [6.07, 6.45) is 6.28. The molecule has 21 heavy (non-hydrogen) atoms. The Bertz CT molecular complexity index is 472. The van der Waals surface area contributed by atoms with Crippen LogP contribution in [0.25, 0.3) is 6.08 Å². The average molecular weight is 288 g/mol. The minimum absolute atomic E-state index is 0.325. The molecule has 2 nitrogen and oxygen atoms in total. The van der Waals surface area contributed by atoms with Crippen molar-refractivity contribution in [3.8, 4) is 0 Å². The van der Waals surface area contributed by atoms with Crippen LogP contribution in [0.15, 0.2) is 35.9 Å². The molecule has 1 unspecified atom stereocenters. The number of benzene rings is 1. The molecule has 0 saturated heterocycles. The first-order valence-corrected chi connectivity index (χ1v) is 7.87. The lowest BCUT2D eigenvalue weighted by molar-refractivity contribution is -0.133. The van der Waals surface area contributed by atoms with Crippen LogP contribution in [0.4, 0.5) is 0 Å². The molecule has 1 atom stereocenters. The number of aliphatic carboxylic acids is 1. The fraction of sp³-hybridized carbons (Fsp3) is 0.526. The third-order valence-corrected chi connectivity index (χ3v) is 3.98. The molecule has 0 aliphatic heterocycles. The molecule has 0 aliphatic rings. The summed E-state index contributed by atoms with van der Waals surface area (Å²) >= 11 is 0. The number of rotatable bonds is 8. The summed E-state index contributed by atoms with van der Waals surface area (Å²) in [7, 11) is 0. The highest BCUT2D eigenvalue weighted by atomic mass is 16.4. The Kier molecular flexibility index (Phi) is 6.67. The van der Waals surface area contributed by atoms with Gasteiger partial charge in [-0.05, 0) is 29.4 Å². The van der Waals surface area contributed by atoms with E-state index in [0.717, 1.165) is 18.4 Å². The van der Waals surface area contributed by atoms with Gasteiger partial charge in [0.1, 0.15) is 0 Å². The number of carboxylic acid groups (broad SMARTS) is 1. The molecule has 0 aliphatic carbocycles. The predicted molar refractivity (Wildman–Crippen MR) is 89.1 cm³/mol. The SMILES string of the molecule is CCCCC(C)CC(C)(C)C(=Cc1ccccc1)C(=O)O. The molecule has 2 heteroatoms. The van der Waals surface area contributed by atoms with Gasteiger partial charge in [-0.15, -0.1) is 0 Å². The molecule has 0 heterocycles. The first kappa shape index (κ1) is 17.5. The molecule has 1 rings (SSSR count). The van der Waals surface area contributed by atoms with Gasteiger partial charge in [0.15, 0.2) is 0 Å².